The van der Waals surface area contributed by atoms with E-state index in [1.54, 1.807) is 18.2 Å². The maximum atomic E-state index is 12.6. The van der Waals surface area contributed by atoms with Crippen molar-refractivity contribution < 1.29 is 9.21 Å². The number of nitrogens with one attached hydrogen (secondary N) is 1. The van der Waals surface area contributed by atoms with Gasteiger partial charge in [0.2, 0.25) is 5.95 Å². The van der Waals surface area contributed by atoms with Crippen molar-refractivity contribution in [3.05, 3.63) is 70.6 Å². The van der Waals surface area contributed by atoms with Crippen LogP contribution in [-0.2, 0) is 6.54 Å². The lowest BCUT2D eigenvalue weighted by molar-refractivity contribution is 0.102. The maximum absolute atomic E-state index is 12.6. The number of hydrogen-bond acceptors (Lipinski definition) is 4. The number of anilines is 1. The molecule has 2 aromatic carbocycles. The Morgan fingerprint density at radius 1 is 1.16 bits per heavy atom. The average molecular weight is 333 g/mol. The molecule has 0 bridgehead atoms. The Labute approximate surface area is 142 Å². The maximum Gasteiger partial charge on any atom is 0.349 e. The molecule has 0 saturated heterocycles. The quantitative estimate of drug-likeness (QED) is 0.583. The summed E-state index contributed by atoms with van der Waals surface area (Å²) in [6.07, 6.45) is 0. The molecule has 0 fully saturated rings. The van der Waals surface area contributed by atoms with Crippen molar-refractivity contribution in [1.82, 2.24) is 9.55 Å². The second-order valence-corrected chi connectivity index (χ2v) is 5.61. The van der Waals surface area contributed by atoms with E-state index < -0.39 is 11.5 Å². The molecule has 2 aromatic heterocycles. The summed E-state index contributed by atoms with van der Waals surface area (Å²) in [5, 5.41) is 3.42. The highest BCUT2D eigenvalue weighted by Crippen LogP contribution is 2.20. The Morgan fingerprint density at radius 2 is 1.92 bits per heavy atom. The third-order valence-corrected chi connectivity index (χ3v) is 4.08. The first-order valence-electron chi connectivity index (χ1n) is 7.97. The standard InChI is InChI=1S/C19H15N3O3/c1-2-22-15-9-5-4-8-14(15)20-19(22)21-17(23)13-11-12-7-3-6-10-16(12)25-18(13)24/h3-11H,2H2,1H3,(H,20,21,23). The van der Waals surface area contributed by atoms with Crippen molar-refractivity contribution in [2.45, 2.75) is 13.5 Å². The van der Waals surface area contributed by atoms with E-state index in [0.29, 0.717) is 23.5 Å². The molecule has 6 heteroatoms. The van der Waals surface area contributed by atoms with Crippen LogP contribution in [0.1, 0.15) is 17.3 Å². The highest BCUT2D eigenvalue weighted by molar-refractivity contribution is 6.05. The van der Waals surface area contributed by atoms with Gasteiger partial charge in [-0.25, -0.2) is 9.78 Å². The van der Waals surface area contributed by atoms with Gasteiger partial charge in [-0.05, 0) is 31.2 Å². The number of carbonyl (C=O) groups is 1. The Morgan fingerprint density at radius 3 is 2.76 bits per heavy atom. The van der Waals surface area contributed by atoms with Gasteiger partial charge >= 0.3 is 5.63 Å². The predicted octanol–water partition coefficient (Wildman–Crippen LogP) is 3.41. The molecule has 25 heavy (non-hydrogen) atoms. The molecule has 0 aliphatic carbocycles. The molecule has 4 aromatic rings. The second kappa shape index (κ2) is 5.90. The normalized spacial score (nSPS) is 11.1. The highest BCUT2D eigenvalue weighted by Gasteiger charge is 2.17. The van der Waals surface area contributed by atoms with Crippen molar-refractivity contribution in [3.8, 4) is 0 Å². The summed E-state index contributed by atoms with van der Waals surface area (Å²) in [5.74, 6) is -0.134. The largest absolute Gasteiger partial charge is 0.422 e. The minimum Gasteiger partial charge on any atom is -0.422 e. The molecule has 0 aliphatic heterocycles. The number of hydrogen-bond donors (Lipinski definition) is 1. The van der Waals surface area contributed by atoms with Gasteiger partial charge in [0, 0.05) is 11.9 Å². The molecule has 2 heterocycles. The molecule has 0 aliphatic rings. The van der Waals surface area contributed by atoms with Crippen molar-refractivity contribution >= 4 is 33.9 Å². The number of benzene rings is 2. The molecule has 0 unspecified atom stereocenters. The van der Waals surface area contributed by atoms with E-state index in [0.717, 1.165) is 11.0 Å². The molecule has 0 atom stereocenters. The van der Waals surface area contributed by atoms with Crippen LogP contribution < -0.4 is 10.9 Å². The Balaban J connectivity index is 1.75. The first-order valence-corrected chi connectivity index (χ1v) is 7.97. The highest BCUT2D eigenvalue weighted by atomic mass is 16.4. The number of rotatable bonds is 3. The molecule has 0 spiro atoms. The van der Waals surface area contributed by atoms with Gasteiger partial charge in [0.25, 0.3) is 5.91 Å². The van der Waals surface area contributed by atoms with Gasteiger partial charge in [0.1, 0.15) is 11.1 Å². The zero-order valence-electron chi connectivity index (χ0n) is 13.5. The van der Waals surface area contributed by atoms with E-state index in [1.165, 1.54) is 6.07 Å². The van der Waals surface area contributed by atoms with Crippen LogP contribution in [0.5, 0.6) is 0 Å². The molecule has 124 valence electrons. The third-order valence-electron chi connectivity index (χ3n) is 4.08. The number of aryl methyl sites for hydroxylation is 1. The molecular formula is C19H15N3O3. The molecule has 0 radical (unpaired) electrons. The fraction of sp³-hybridized carbons (Fsp3) is 0.105. The summed E-state index contributed by atoms with van der Waals surface area (Å²) < 4.78 is 7.11. The van der Waals surface area contributed by atoms with Crippen LogP contribution in [0, 0.1) is 0 Å². The molecule has 6 nitrogen and oxygen atoms in total. The van der Waals surface area contributed by atoms with Gasteiger partial charge in [0.15, 0.2) is 0 Å². The zero-order chi connectivity index (χ0) is 17.4. The first kappa shape index (κ1) is 15.1. The van der Waals surface area contributed by atoms with E-state index in [2.05, 4.69) is 10.3 Å². The van der Waals surface area contributed by atoms with E-state index in [4.69, 9.17) is 4.42 Å². The Kier molecular flexibility index (Phi) is 3.57. The van der Waals surface area contributed by atoms with Crippen LogP contribution in [0.4, 0.5) is 5.95 Å². The number of carbonyl (C=O) groups excluding carboxylic acids is 1. The molecule has 1 N–H and O–H groups in total. The second-order valence-electron chi connectivity index (χ2n) is 5.61. The van der Waals surface area contributed by atoms with Gasteiger partial charge in [0.05, 0.1) is 11.0 Å². The Hall–Kier alpha value is -3.41. The van der Waals surface area contributed by atoms with Gasteiger partial charge < -0.3 is 8.98 Å². The molecule has 0 saturated carbocycles. The molecule has 4 rings (SSSR count). The number of nitrogens with zero attached hydrogens (tertiary/aromatic N) is 2. The summed E-state index contributed by atoms with van der Waals surface area (Å²) in [6, 6.07) is 16.2. The smallest absolute Gasteiger partial charge is 0.349 e. The van der Waals surface area contributed by atoms with E-state index in [1.807, 2.05) is 41.8 Å². The number of para-hydroxylation sites is 3. The minimum atomic E-state index is -0.671. The summed E-state index contributed by atoms with van der Waals surface area (Å²) in [7, 11) is 0. The number of aromatic nitrogens is 2. The van der Waals surface area contributed by atoms with E-state index in [-0.39, 0.29) is 5.56 Å². The lowest BCUT2D eigenvalue weighted by Gasteiger charge is -2.07. The SMILES string of the molecule is CCn1c(NC(=O)c2cc3ccccc3oc2=O)nc2ccccc21. The minimum absolute atomic E-state index is 0.0478. The van der Waals surface area contributed by atoms with Gasteiger partial charge in [-0.3, -0.25) is 10.1 Å². The average Bonchev–Trinajstić information content (AvgIpc) is 2.97. The van der Waals surface area contributed by atoms with Crippen LogP contribution in [0.25, 0.3) is 22.0 Å². The Bertz CT molecular complexity index is 1160. The lowest BCUT2D eigenvalue weighted by Crippen LogP contribution is -2.22. The number of fused-ring (bicyclic) bond motifs is 2. The van der Waals surface area contributed by atoms with E-state index in [9.17, 15) is 9.59 Å². The predicted molar refractivity (Wildman–Crippen MR) is 95.8 cm³/mol. The van der Waals surface area contributed by atoms with Gasteiger partial charge in [-0.15, -0.1) is 0 Å². The van der Waals surface area contributed by atoms with Crippen LogP contribution in [-0.4, -0.2) is 15.5 Å². The van der Waals surface area contributed by atoms with Crippen LogP contribution in [0.15, 0.2) is 63.8 Å². The lowest BCUT2D eigenvalue weighted by atomic mass is 10.2. The summed E-state index contributed by atoms with van der Waals surface area (Å²) in [5.41, 5.74) is 1.43. The van der Waals surface area contributed by atoms with Crippen molar-refractivity contribution in [3.63, 3.8) is 0 Å². The fourth-order valence-electron chi connectivity index (χ4n) is 2.88. The summed E-state index contributed by atoms with van der Waals surface area (Å²) in [4.78, 5) is 29.2. The first-order chi connectivity index (χ1) is 12.2. The molecule has 1 amide bonds. The number of amides is 1. The summed E-state index contributed by atoms with van der Waals surface area (Å²) in [6.45, 7) is 2.61. The third kappa shape index (κ3) is 2.57. The van der Waals surface area contributed by atoms with Crippen molar-refractivity contribution in [2.75, 3.05) is 5.32 Å². The topological polar surface area (TPSA) is 77.1 Å². The van der Waals surface area contributed by atoms with Crippen LogP contribution in [0.3, 0.4) is 0 Å². The van der Waals surface area contributed by atoms with E-state index >= 15 is 0 Å². The van der Waals surface area contributed by atoms with Gasteiger partial charge in [-0.1, -0.05) is 30.3 Å². The van der Waals surface area contributed by atoms with Crippen LogP contribution >= 0.6 is 0 Å². The monoisotopic (exact) mass is 333 g/mol. The summed E-state index contributed by atoms with van der Waals surface area (Å²) >= 11 is 0. The van der Waals surface area contributed by atoms with Crippen molar-refractivity contribution in [2.24, 2.45) is 0 Å². The van der Waals surface area contributed by atoms with Gasteiger partial charge in [-0.2, -0.15) is 0 Å². The number of imidazole rings is 1. The molecular weight excluding hydrogens is 318 g/mol. The van der Waals surface area contributed by atoms with Crippen LogP contribution in [0.2, 0.25) is 0 Å². The van der Waals surface area contributed by atoms with Crippen molar-refractivity contribution in [1.29, 1.82) is 0 Å². The zero-order valence-corrected chi connectivity index (χ0v) is 13.5. The fourth-order valence-corrected chi connectivity index (χ4v) is 2.88.